The molecular formula is C20H25N3O3. The molecule has 0 saturated carbocycles. The lowest BCUT2D eigenvalue weighted by molar-refractivity contribution is -0.123. The maximum Gasteiger partial charge on any atom is 0.254 e. The van der Waals surface area contributed by atoms with Gasteiger partial charge in [0.2, 0.25) is 5.91 Å². The summed E-state index contributed by atoms with van der Waals surface area (Å²) in [6.07, 6.45) is 3.31. The number of likely N-dealkylation sites (tertiary alicyclic amines) is 1. The minimum Gasteiger partial charge on any atom is -0.377 e. The first-order valence-electron chi connectivity index (χ1n) is 9.20. The molecule has 2 aliphatic rings. The Bertz CT molecular complexity index is 732. The number of benzene rings is 1. The first kappa shape index (κ1) is 18.4. The van der Waals surface area contributed by atoms with Gasteiger partial charge in [-0.15, -0.1) is 0 Å². The normalized spacial score (nSPS) is 23.6. The Morgan fingerprint density at radius 1 is 1.31 bits per heavy atom. The number of nitrogens with two attached hydrogens (primary N) is 1. The van der Waals surface area contributed by atoms with Crippen LogP contribution in [0.15, 0.2) is 18.2 Å². The van der Waals surface area contributed by atoms with Crippen molar-refractivity contribution in [2.75, 3.05) is 19.7 Å². The Labute approximate surface area is 153 Å². The highest BCUT2D eigenvalue weighted by Crippen LogP contribution is 2.31. The van der Waals surface area contributed by atoms with E-state index < -0.39 is 0 Å². The molecule has 6 nitrogen and oxygen atoms in total. The lowest BCUT2D eigenvalue weighted by Gasteiger charge is -2.33. The minimum atomic E-state index is -0.267. The minimum absolute atomic E-state index is 0.0255. The number of rotatable bonds is 4. The van der Waals surface area contributed by atoms with Crippen molar-refractivity contribution < 1.29 is 14.3 Å². The Kier molecular flexibility index (Phi) is 5.58. The zero-order valence-electron chi connectivity index (χ0n) is 15.1. The number of amides is 2. The highest BCUT2D eigenvalue weighted by Gasteiger charge is 2.35. The predicted molar refractivity (Wildman–Crippen MR) is 96.2 cm³/mol. The second-order valence-electron chi connectivity index (χ2n) is 7.32. The number of ether oxygens (including phenoxy) is 1. The molecule has 0 aliphatic carbocycles. The number of piperidine rings is 1. The van der Waals surface area contributed by atoms with Crippen LogP contribution in [0.1, 0.15) is 47.2 Å². The van der Waals surface area contributed by atoms with Crippen molar-refractivity contribution in [1.82, 2.24) is 4.90 Å². The molecule has 2 N–H and O–H groups in total. The summed E-state index contributed by atoms with van der Waals surface area (Å²) in [6.45, 7) is 3.88. The van der Waals surface area contributed by atoms with Crippen LogP contribution in [0.4, 0.5) is 0 Å². The summed E-state index contributed by atoms with van der Waals surface area (Å²) in [5, 5.41) is 8.95. The molecule has 1 aromatic carbocycles. The van der Waals surface area contributed by atoms with Crippen molar-refractivity contribution >= 4 is 11.8 Å². The third-order valence-electron chi connectivity index (χ3n) is 5.63. The van der Waals surface area contributed by atoms with Gasteiger partial charge in [-0.2, -0.15) is 5.26 Å². The lowest BCUT2D eigenvalue weighted by Crippen LogP contribution is -2.40. The summed E-state index contributed by atoms with van der Waals surface area (Å²) in [6, 6.07) is 7.28. The Morgan fingerprint density at radius 2 is 2.04 bits per heavy atom. The number of carbonyl (C=O) groups excluding carboxylic acids is 2. The zero-order chi connectivity index (χ0) is 18.7. The van der Waals surface area contributed by atoms with Crippen LogP contribution in [0.3, 0.4) is 0 Å². The first-order chi connectivity index (χ1) is 12.5. The van der Waals surface area contributed by atoms with E-state index in [0.717, 1.165) is 31.2 Å². The lowest BCUT2D eigenvalue weighted by atomic mass is 9.86. The fraction of sp³-hybridized carbons (Fsp3) is 0.550. The van der Waals surface area contributed by atoms with Gasteiger partial charge in [0.25, 0.3) is 5.91 Å². The van der Waals surface area contributed by atoms with Crippen molar-refractivity contribution in [2.45, 2.75) is 38.7 Å². The van der Waals surface area contributed by atoms with Crippen LogP contribution < -0.4 is 5.73 Å². The van der Waals surface area contributed by atoms with Crippen molar-refractivity contribution in [3.63, 3.8) is 0 Å². The Morgan fingerprint density at radius 3 is 2.65 bits per heavy atom. The quantitative estimate of drug-likeness (QED) is 0.893. The molecule has 2 aliphatic heterocycles. The molecule has 138 valence electrons. The largest absolute Gasteiger partial charge is 0.377 e. The second kappa shape index (κ2) is 7.88. The van der Waals surface area contributed by atoms with Gasteiger partial charge >= 0.3 is 0 Å². The fourth-order valence-electron chi connectivity index (χ4n) is 4.05. The molecule has 0 spiro atoms. The van der Waals surface area contributed by atoms with Crippen LogP contribution >= 0.6 is 0 Å². The van der Waals surface area contributed by atoms with Crippen molar-refractivity contribution in [3.8, 4) is 6.07 Å². The van der Waals surface area contributed by atoms with Gasteiger partial charge in [-0.25, -0.2) is 0 Å². The topological polar surface area (TPSA) is 96.4 Å². The summed E-state index contributed by atoms with van der Waals surface area (Å²) in [7, 11) is 0. The Hall–Kier alpha value is -2.39. The second-order valence-corrected chi connectivity index (χ2v) is 7.32. The molecule has 2 saturated heterocycles. The van der Waals surface area contributed by atoms with Crippen LogP contribution in [0.5, 0.6) is 0 Å². The van der Waals surface area contributed by atoms with E-state index >= 15 is 0 Å². The van der Waals surface area contributed by atoms with Crippen LogP contribution in [-0.2, 0) is 9.53 Å². The van der Waals surface area contributed by atoms with Crippen molar-refractivity contribution in [3.05, 3.63) is 34.9 Å². The standard InChI is InChI=1S/C20H25N3O3/c1-13-10-15(12-21)2-3-16(13)20(25)23-7-4-14(5-8-23)11-18-17(19(22)24)6-9-26-18/h2-3,10,14,17-18H,4-9,11H2,1H3,(H2,22,24)/t17-,18-/m1/s1. The van der Waals surface area contributed by atoms with Gasteiger partial charge < -0.3 is 15.4 Å². The predicted octanol–water partition coefficient (Wildman–Crippen LogP) is 2.00. The van der Waals surface area contributed by atoms with Crippen molar-refractivity contribution in [2.24, 2.45) is 17.6 Å². The Balaban J connectivity index is 1.56. The monoisotopic (exact) mass is 355 g/mol. The molecule has 1 aromatic rings. The molecule has 2 amide bonds. The van der Waals surface area contributed by atoms with E-state index in [0.29, 0.717) is 36.7 Å². The number of hydrogen-bond donors (Lipinski definition) is 1. The number of primary amides is 1. The molecule has 0 unspecified atom stereocenters. The molecular weight excluding hydrogens is 330 g/mol. The number of nitrogens with zero attached hydrogens (tertiary/aromatic N) is 2. The van der Waals surface area contributed by atoms with Crippen LogP contribution in [0.25, 0.3) is 0 Å². The molecule has 2 heterocycles. The van der Waals surface area contributed by atoms with E-state index in [-0.39, 0.29) is 23.8 Å². The van der Waals surface area contributed by atoms with Crippen LogP contribution in [0, 0.1) is 30.1 Å². The SMILES string of the molecule is Cc1cc(C#N)ccc1C(=O)N1CCC(C[C@H]2OCC[C@H]2C(N)=O)CC1. The molecule has 2 fully saturated rings. The maximum absolute atomic E-state index is 12.8. The van der Waals surface area contributed by atoms with Crippen LogP contribution in [0.2, 0.25) is 0 Å². The summed E-state index contributed by atoms with van der Waals surface area (Å²) < 4.78 is 5.70. The molecule has 26 heavy (non-hydrogen) atoms. The fourth-order valence-corrected chi connectivity index (χ4v) is 4.05. The van der Waals surface area contributed by atoms with E-state index in [1.807, 2.05) is 11.8 Å². The zero-order valence-corrected chi connectivity index (χ0v) is 15.1. The summed E-state index contributed by atoms with van der Waals surface area (Å²) >= 11 is 0. The molecule has 0 aromatic heterocycles. The molecule has 2 atom stereocenters. The number of nitriles is 1. The van der Waals surface area contributed by atoms with Gasteiger partial charge in [0, 0.05) is 25.3 Å². The number of hydrogen-bond acceptors (Lipinski definition) is 4. The van der Waals surface area contributed by atoms with Gasteiger partial charge in [0.05, 0.1) is 23.7 Å². The van der Waals surface area contributed by atoms with Crippen LogP contribution in [-0.4, -0.2) is 42.5 Å². The van der Waals surface area contributed by atoms with E-state index in [2.05, 4.69) is 6.07 Å². The molecule has 0 radical (unpaired) electrons. The van der Waals surface area contributed by atoms with Gasteiger partial charge in [0.1, 0.15) is 0 Å². The third-order valence-corrected chi connectivity index (χ3v) is 5.63. The molecule has 3 rings (SSSR count). The number of aryl methyl sites for hydroxylation is 1. The van der Waals surface area contributed by atoms with Gasteiger partial charge in [-0.1, -0.05) is 0 Å². The smallest absolute Gasteiger partial charge is 0.254 e. The summed E-state index contributed by atoms with van der Waals surface area (Å²) in [5.74, 6) is 0.0380. The van der Waals surface area contributed by atoms with Gasteiger partial charge in [-0.3, -0.25) is 9.59 Å². The average molecular weight is 355 g/mol. The maximum atomic E-state index is 12.8. The average Bonchev–Trinajstić information content (AvgIpc) is 3.10. The van der Waals surface area contributed by atoms with Crippen molar-refractivity contribution in [1.29, 1.82) is 5.26 Å². The van der Waals surface area contributed by atoms with E-state index in [4.69, 9.17) is 15.7 Å². The van der Waals surface area contributed by atoms with Gasteiger partial charge in [0.15, 0.2) is 0 Å². The molecule has 6 heteroatoms. The van der Waals surface area contributed by atoms with E-state index in [1.165, 1.54) is 0 Å². The summed E-state index contributed by atoms with van der Waals surface area (Å²) in [5.41, 5.74) is 7.53. The highest BCUT2D eigenvalue weighted by atomic mass is 16.5. The summed E-state index contributed by atoms with van der Waals surface area (Å²) in [4.78, 5) is 26.1. The first-order valence-corrected chi connectivity index (χ1v) is 9.20. The number of carbonyl (C=O) groups is 2. The van der Waals surface area contributed by atoms with Gasteiger partial charge in [-0.05, 0) is 62.3 Å². The molecule has 0 bridgehead atoms. The van der Waals surface area contributed by atoms with E-state index in [9.17, 15) is 9.59 Å². The highest BCUT2D eigenvalue weighted by molar-refractivity contribution is 5.95. The van der Waals surface area contributed by atoms with E-state index in [1.54, 1.807) is 18.2 Å². The third kappa shape index (κ3) is 3.88.